The Morgan fingerprint density at radius 2 is 2.12 bits per heavy atom. The monoisotopic (exact) mass is 216 g/mol. The fourth-order valence-corrected chi connectivity index (χ4v) is 2.28. The lowest BCUT2D eigenvalue weighted by Crippen LogP contribution is -2.15. The predicted molar refractivity (Wildman–Crippen MR) is 63.1 cm³/mol. The highest BCUT2D eigenvalue weighted by Crippen LogP contribution is 2.31. The van der Waals surface area contributed by atoms with Crippen molar-refractivity contribution in [2.24, 2.45) is 0 Å². The van der Waals surface area contributed by atoms with Crippen molar-refractivity contribution in [2.75, 3.05) is 6.61 Å². The van der Waals surface area contributed by atoms with Crippen molar-refractivity contribution in [3.63, 3.8) is 0 Å². The van der Waals surface area contributed by atoms with Crippen LogP contribution in [0.15, 0.2) is 18.3 Å². The topological polar surface area (TPSA) is 26.5 Å². The van der Waals surface area contributed by atoms with E-state index in [2.05, 4.69) is 30.2 Å². The van der Waals surface area contributed by atoms with Crippen LogP contribution in [0.5, 0.6) is 5.75 Å². The van der Waals surface area contributed by atoms with Gasteiger partial charge in [-0.2, -0.15) is 0 Å². The first kappa shape index (κ1) is 9.70. The number of imidazole rings is 1. The summed E-state index contributed by atoms with van der Waals surface area (Å²) in [5.74, 6) is 1.01. The third-order valence-corrected chi connectivity index (χ3v) is 3.09. The Morgan fingerprint density at radius 1 is 1.31 bits per heavy atom. The van der Waals surface area contributed by atoms with E-state index in [0.717, 1.165) is 24.4 Å². The van der Waals surface area contributed by atoms with E-state index in [1.807, 2.05) is 18.3 Å². The first-order valence-electron chi connectivity index (χ1n) is 5.70. The minimum absolute atomic E-state index is 0.108. The zero-order valence-electron chi connectivity index (χ0n) is 9.95. The summed E-state index contributed by atoms with van der Waals surface area (Å²) in [6.07, 6.45) is 2.96. The van der Waals surface area contributed by atoms with Crippen LogP contribution in [0.4, 0.5) is 0 Å². The van der Waals surface area contributed by atoms with Crippen LogP contribution in [0.25, 0.3) is 5.65 Å². The zero-order valence-corrected chi connectivity index (χ0v) is 9.95. The molecule has 3 rings (SSSR count). The largest absolute Gasteiger partial charge is 0.491 e. The SMILES string of the molecule is CC(C)(C)c1cnc2ccc3c(n12)CCO3. The van der Waals surface area contributed by atoms with Gasteiger partial charge in [0.25, 0.3) is 0 Å². The van der Waals surface area contributed by atoms with Crippen molar-refractivity contribution in [1.82, 2.24) is 9.38 Å². The molecule has 0 saturated carbocycles. The average molecular weight is 216 g/mol. The van der Waals surface area contributed by atoms with Gasteiger partial charge in [0.15, 0.2) is 0 Å². The summed E-state index contributed by atoms with van der Waals surface area (Å²) in [7, 11) is 0. The normalized spacial score (nSPS) is 15.2. The van der Waals surface area contributed by atoms with Crippen LogP contribution in [0.2, 0.25) is 0 Å². The summed E-state index contributed by atoms with van der Waals surface area (Å²) in [5.41, 5.74) is 3.65. The van der Waals surface area contributed by atoms with E-state index in [0.29, 0.717) is 0 Å². The van der Waals surface area contributed by atoms with Crippen LogP contribution in [0.3, 0.4) is 0 Å². The third-order valence-electron chi connectivity index (χ3n) is 3.09. The number of ether oxygens (including phenoxy) is 1. The molecule has 0 saturated heterocycles. The molecule has 1 aliphatic heterocycles. The van der Waals surface area contributed by atoms with Gasteiger partial charge in [-0.3, -0.25) is 4.40 Å². The molecule has 2 aromatic rings. The molecule has 1 aliphatic rings. The Bertz CT molecular complexity index is 549. The molecule has 3 heteroatoms. The quantitative estimate of drug-likeness (QED) is 0.676. The molecule has 3 heterocycles. The molecule has 0 spiro atoms. The molecule has 0 N–H and O–H groups in total. The summed E-state index contributed by atoms with van der Waals surface area (Å²) in [5, 5.41) is 0. The van der Waals surface area contributed by atoms with Crippen LogP contribution in [-0.2, 0) is 11.8 Å². The van der Waals surface area contributed by atoms with Gasteiger partial charge in [0.05, 0.1) is 12.3 Å². The molecule has 0 unspecified atom stereocenters. The van der Waals surface area contributed by atoms with Gasteiger partial charge < -0.3 is 4.74 Å². The molecule has 0 atom stereocenters. The van der Waals surface area contributed by atoms with Crippen LogP contribution in [0.1, 0.15) is 32.2 Å². The third kappa shape index (κ3) is 1.24. The summed E-state index contributed by atoms with van der Waals surface area (Å²) < 4.78 is 7.85. The highest BCUT2D eigenvalue weighted by Gasteiger charge is 2.23. The average Bonchev–Trinajstić information content (AvgIpc) is 2.81. The van der Waals surface area contributed by atoms with Crippen LogP contribution in [-0.4, -0.2) is 16.0 Å². The molecule has 16 heavy (non-hydrogen) atoms. The first-order valence-corrected chi connectivity index (χ1v) is 5.70. The van der Waals surface area contributed by atoms with Crippen LogP contribution < -0.4 is 4.74 Å². The van der Waals surface area contributed by atoms with Crippen molar-refractivity contribution >= 4 is 5.65 Å². The standard InChI is InChI=1S/C13H16N2O/c1-13(2,3)11-8-14-12-5-4-10-9(15(11)12)6-7-16-10/h4-5,8H,6-7H2,1-3H3. The number of hydrogen-bond acceptors (Lipinski definition) is 2. The zero-order chi connectivity index (χ0) is 11.3. The molecular formula is C13H16N2O. The van der Waals surface area contributed by atoms with Crippen molar-refractivity contribution in [3.05, 3.63) is 29.7 Å². The number of pyridine rings is 1. The lowest BCUT2D eigenvalue weighted by molar-refractivity contribution is 0.357. The summed E-state index contributed by atoms with van der Waals surface area (Å²) in [4.78, 5) is 4.47. The Labute approximate surface area is 95.1 Å². The number of fused-ring (bicyclic) bond motifs is 3. The van der Waals surface area contributed by atoms with Gasteiger partial charge in [0.1, 0.15) is 11.4 Å². The maximum absolute atomic E-state index is 5.59. The van der Waals surface area contributed by atoms with Crippen molar-refractivity contribution in [3.8, 4) is 5.75 Å². The smallest absolute Gasteiger partial charge is 0.139 e. The Morgan fingerprint density at radius 3 is 2.88 bits per heavy atom. The van der Waals surface area contributed by atoms with Crippen LogP contribution in [0, 0.1) is 0 Å². The minimum Gasteiger partial charge on any atom is -0.491 e. The first-order chi connectivity index (χ1) is 7.57. The Balaban J connectivity index is 2.36. The van der Waals surface area contributed by atoms with Gasteiger partial charge in [0, 0.05) is 23.7 Å². The van der Waals surface area contributed by atoms with Crippen molar-refractivity contribution < 1.29 is 4.74 Å². The molecule has 3 nitrogen and oxygen atoms in total. The van der Waals surface area contributed by atoms with E-state index in [9.17, 15) is 0 Å². The van der Waals surface area contributed by atoms with E-state index in [1.165, 1.54) is 11.4 Å². The lowest BCUT2D eigenvalue weighted by Gasteiger charge is -2.19. The molecule has 0 amide bonds. The Hall–Kier alpha value is -1.51. The van der Waals surface area contributed by atoms with Crippen molar-refractivity contribution in [2.45, 2.75) is 32.6 Å². The second kappa shape index (κ2) is 3.00. The van der Waals surface area contributed by atoms with E-state index in [-0.39, 0.29) is 5.41 Å². The molecule has 0 radical (unpaired) electrons. The second-order valence-electron chi connectivity index (χ2n) is 5.33. The molecule has 0 bridgehead atoms. The Kier molecular flexibility index (Phi) is 1.82. The summed E-state index contributed by atoms with van der Waals surface area (Å²) >= 11 is 0. The van der Waals surface area contributed by atoms with Crippen molar-refractivity contribution in [1.29, 1.82) is 0 Å². The summed E-state index contributed by atoms with van der Waals surface area (Å²) in [6.45, 7) is 7.43. The van der Waals surface area contributed by atoms with Gasteiger partial charge in [-0.25, -0.2) is 4.98 Å². The molecule has 84 valence electrons. The second-order valence-corrected chi connectivity index (χ2v) is 5.33. The number of hydrogen-bond donors (Lipinski definition) is 0. The minimum atomic E-state index is 0.108. The highest BCUT2D eigenvalue weighted by molar-refractivity contribution is 5.49. The maximum atomic E-state index is 5.59. The number of nitrogens with zero attached hydrogens (tertiary/aromatic N) is 2. The summed E-state index contributed by atoms with van der Waals surface area (Å²) in [6, 6.07) is 4.05. The fraction of sp³-hybridized carbons (Fsp3) is 0.462. The molecular weight excluding hydrogens is 200 g/mol. The molecule has 0 fully saturated rings. The predicted octanol–water partition coefficient (Wildman–Crippen LogP) is 2.57. The lowest BCUT2D eigenvalue weighted by atomic mass is 9.92. The molecule has 0 aliphatic carbocycles. The molecule has 0 aromatic carbocycles. The van der Waals surface area contributed by atoms with E-state index in [4.69, 9.17) is 4.74 Å². The van der Waals surface area contributed by atoms with Gasteiger partial charge in [-0.15, -0.1) is 0 Å². The van der Waals surface area contributed by atoms with Gasteiger partial charge >= 0.3 is 0 Å². The number of rotatable bonds is 0. The fourth-order valence-electron chi connectivity index (χ4n) is 2.28. The molecule has 2 aromatic heterocycles. The van der Waals surface area contributed by atoms with Crippen LogP contribution >= 0.6 is 0 Å². The van der Waals surface area contributed by atoms with Gasteiger partial charge in [0.2, 0.25) is 0 Å². The maximum Gasteiger partial charge on any atom is 0.139 e. The van der Waals surface area contributed by atoms with Gasteiger partial charge in [-0.05, 0) is 12.1 Å². The number of aromatic nitrogens is 2. The van der Waals surface area contributed by atoms with E-state index in [1.54, 1.807) is 0 Å². The van der Waals surface area contributed by atoms with E-state index >= 15 is 0 Å². The van der Waals surface area contributed by atoms with E-state index < -0.39 is 0 Å². The highest BCUT2D eigenvalue weighted by atomic mass is 16.5. The van der Waals surface area contributed by atoms with Gasteiger partial charge in [-0.1, -0.05) is 20.8 Å².